The fourth-order valence-electron chi connectivity index (χ4n) is 2.79. The summed E-state index contributed by atoms with van der Waals surface area (Å²) < 4.78 is 15.7. The summed E-state index contributed by atoms with van der Waals surface area (Å²) in [6.07, 6.45) is 5.27. The van der Waals surface area contributed by atoms with Crippen LogP contribution in [-0.2, 0) is 6.61 Å². The molecule has 3 rings (SSSR count). The number of aliphatic hydroxyl groups excluding tert-OH is 1. The van der Waals surface area contributed by atoms with Gasteiger partial charge in [-0.25, -0.2) is 19.0 Å². The number of fused-ring (bicyclic) bond motifs is 1. The summed E-state index contributed by atoms with van der Waals surface area (Å²) >= 11 is 6.32. The normalized spacial score (nSPS) is 11.8. The second-order valence-electron chi connectivity index (χ2n) is 6.31. The Balaban J connectivity index is 2.19. The summed E-state index contributed by atoms with van der Waals surface area (Å²) in [5, 5.41) is 26.6. The number of benzene rings is 1. The van der Waals surface area contributed by atoms with E-state index in [2.05, 4.69) is 27.0 Å². The SMILES string of the molecule is C=C(C)/C=C(\N=CN)Nc1ncc(F)c2nn(-c3c(Cl)cc(CO)cc3C#N)cc12. The summed E-state index contributed by atoms with van der Waals surface area (Å²) in [6.45, 7) is 5.29. The van der Waals surface area contributed by atoms with E-state index in [1.165, 1.54) is 23.0 Å². The van der Waals surface area contributed by atoms with E-state index in [0.717, 1.165) is 12.5 Å². The van der Waals surface area contributed by atoms with Gasteiger partial charge in [0.15, 0.2) is 5.82 Å². The van der Waals surface area contributed by atoms with Crippen LogP contribution in [0.2, 0.25) is 5.02 Å². The van der Waals surface area contributed by atoms with Gasteiger partial charge in [-0.3, -0.25) is 0 Å². The topological polar surface area (TPSA) is 125 Å². The highest BCUT2D eigenvalue weighted by Gasteiger charge is 2.18. The first kappa shape index (κ1) is 21.0. The number of hydrogen-bond donors (Lipinski definition) is 3. The van der Waals surface area contributed by atoms with Crippen molar-refractivity contribution in [2.45, 2.75) is 13.5 Å². The van der Waals surface area contributed by atoms with Gasteiger partial charge in [0, 0.05) is 6.20 Å². The van der Waals surface area contributed by atoms with Gasteiger partial charge in [-0.1, -0.05) is 23.8 Å². The molecule has 1 aromatic carbocycles. The van der Waals surface area contributed by atoms with Crippen molar-refractivity contribution in [3.8, 4) is 11.8 Å². The molecule has 0 saturated carbocycles. The van der Waals surface area contributed by atoms with Gasteiger partial charge in [0.2, 0.25) is 0 Å². The van der Waals surface area contributed by atoms with Crippen molar-refractivity contribution in [2.75, 3.05) is 5.32 Å². The minimum Gasteiger partial charge on any atom is -0.392 e. The molecule has 152 valence electrons. The van der Waals surface area contributed by atoms with Crippen molar-refractivity contribution in [3.05, 3.63) is 70.5 Å². The third-order valence-corrected chi connectivity index (χ3v) is 4.29. The average Bonchev–Trinajstić information content (AvgIpc) is 3.15. The largest absolute Gasteiger partial charge is 0.392 e. The third-order valence-electron chi connectivity index (χ3n) is 4.00. The Labute approximate surface area is 176 Å². The van der Waals surface area contributed by atoms with Crippen LogP contribution >= 0.6 is 11.6 Å². The zero-order chi connectivity index (χ0) is 21.8. The number of allylic oxidation sites excluding steroid dienone is 2. The number of anilines is 1. The van der Waals surface area contributed by atoms with Crippen LogP contribution in [0.1, 0.15) is 18.1 Å². The number of aliphatic hydroxyl groups is 1. The fraction of sp³-hybridized carbons (Fsp3) is 0.100. The summed E-state index contributed by atoms with van der Waals surface area (Å²) in [4.78, 5) is 8.09. The lowest BCUT2D eigenvalue weighted by Crippen LogP contribution is -2.03. The van der Waals surface area contributed by atoms with Crippen LogP contribution in [0.3, 0.4) is 0 Å². The average molecular weight is 426 g/mol. The number of nitrogens with zero attached hydrogens (tertiary/aromatic N) is 5. The van der Waals surface area contributed by atoms with Crippen LogP contribution in [0.25, 0.3) is 16.6 Å². The second-order valence-corrected chi connectivity index (χ2v) is 6.72. The molecule has 0 unspecified atom stereocenters. The predicted molar refractivity (Wildman–Crippen MR) is 114 cm³/mol. The number of nitrogens with one attached hydrogen (secondary N) is 1. The number of aromatic nitrogens is 3. The van der Waals surface area contributed by atoms with E-state index in [1.54, 1.807) is 13.0 Å². The summed E-state index contributed by atoms with van der Waals surface area (Å²) in [6, 6.07) is 5.03. The molecule has 10 heteroatoms. The molecule has 2 aromatic heterocycles. The molecule has 0 fully saturated rings. The maximum Gasteiger partial charge on any atom is 0.169 e. The molecule has 30 heavy (non-hydrogen) atoms. The molecule has 0 aliphatic heterocycles. The predicted octanol–water partition coefficient (Wildman–Crippen LogP) is 3.39. The zero-order valence-electron chi connectivity index (χ0n) is 15.9. The number of nitrogens with two attached hydrogens (primary N) is 1. The standard InChI is InChI=1S/C20H17ClFN7O/c1-11(2)3-17(26-10-24)27-20-14-8-29(28-18(14)16(22)7-25-20)19-13(6-23)4-12(9-30)5-15(19)21/h3-5,7-8,10,30H,1,9H2,2H3,(H2,24,26)(H,25,27)/b17-3+. The van der Waals surface area contributed by atoms with E-state index in [1.807, 2.05) is 6.07 Å². The zero-order valence-corrected chi connectivity index (χ0v) is 16.7. The number of halogens is 2. The molecular weight excluding hydrogens is 409 g/mol. The maximum absolute atomic E-state index is 14.4. The number of nitriles is 1. The van der Waals surface area contributed by atoms with Gasteiger partial charge in [0.25, 0.3) is 0 Å². The Morgan fingerprint density at radius 2 is 2.30 bits per heavy atom. The molecule has 4 N–H and O–H groups in total. The van der Waals surface area contributed by atoms with Crippen molar-refractivity contribution in [1.29, 1.82) is 5.26 Å². The number of aliphatic imine (C=N–C) groups is 1. The van der Waals surface area contributed by atoms with E-state index in [4.69, 9.17) is 17.3 Å². The molecule has 0 saturated heterocycles. The summed E-state index contributed by atoms with van der Waals surface area (Å²) in [7, 11) is 0. The lowest BCUT2D eigenvalue weighted by Gasteiger charge is -2.08. The van der Waals surface area contributed by atoms with Gasteiger partial charge in [-0.15, -0.1) is 0 Å². The molecule has 0 aliphatic carbocycles. The highest BCUT2D eigenvalue weighted by molar-refractivity contribution is 6.32. The Hall–Kier alpha value is -3.74. The van der Waals surface area contributed by atoms with E-state index >= 15 is 0 Å². The van der Waals surface area contributed by atoms with Crippen LogP contribution in [0, 0.1) is 17.1 Å². The van der Waals surface area contributed by atoms with Crippen molar-refractivity contribution in [1.82, 2.24) is 14.8 Å². The smallest absolute Gasteiger partial charge is 0.169 e. The molecule has 3 aromatic rings. The molecule has 0 spiro atoms. The summed E-state index contributed by atoms with van der Waals surface area (Å²) in [5.41, 5.74) is 7.03. The van der Waals surface area contributed by atoms with Crippen LogP contribution in [0.4, 0.5) is 10.2 Å². The van der Waals surface area contributed by atoms with Crippen LogP contribution < -0.4 is 11.1 Å². The van der Waals surface area contributed by atoms with Gasteiger partial charge in [-0.2, -0.15) is 10.4 Å². The lowest BCUT2D eigenvalue weighted by molar-refractivity contribution is 0.282. The summed E-state index contributed by atoms with van der Waals surface area (Å²) in [5.74, 6) is -0.0257. The third kappa shape index (κ3) is 4.15. The van der Waals surface area contributed by atoms with E-state index in [0.29, 0.717) is 22.3 Å². The number of hydrogen-bond acceptors (Lipinski definition) is 6. The lowest BCUT2D eigenvalue weighted by atomic mass is 10.1. The first-order chi connectivity index (χ1) is 14.4. The Kier molecular flexibility index (Phi) is 6.11. The van der Waals surface area contributed by atoms with Crippen molar-refractivity contribution < 1.29 is 9.50 Å². The van der Waals surface area contributed by atoms with Crippen LogP contribution in [-0.4, -0.2) is 26.2 Å². The molecule has 0 aliphatic rings. The van der Waals surface area contributed by atoms with E-state index in [9.17, 15) is 14.8 Å². The van der Waals surface area contributed by atoms with Gasteiger partial charge >= 0.3 is 0 Å². The van der Waals surface area contributed by atoms with Crippen molar-refractivity contribution in [3.63, 3.8) is 0 Å². The Bertz CT molecular complexity index is 1240. The van der Waals surface area contributed by atoms with Gasteiger partial charge in [0.1, 0.15) is 28.9 Å². The Morgan fingerprint density at radius 3 is 2.93 bits per heavy atom. The van der Waals surface area contributed by atoms with Gasteiger partial charge < -0.3 is 16.2 Å². The molecule has 0 atom stereocenters. The number of pyridine rings is 1. The first-order valence-corrected chi connectivity index (χ1v) is 9.01. The fourth-order valence-corrected chi connectivity index (χ4v) is 3.12. The quantitative estimate of drug-likeness (QED) is 0.316. The molecule has 0 amide bonds. The Morgan fingerprint density at radius 1 is 1.53 bits per heavy atom. The van der Waals surface area contributed by atoms with Gasteiger partial charge in [-0.05, 0) is 30.7 Å². The van der Waals surface area contributed by atoms with Crippen LogP contribution in [0.15, 0.2) is 53.6 Å². The maximum atomic E-state index is 14.4. The molecule has 8 nitrogen and oxygen atoms in total. The molecule has 2 heterocycles. The van der Waals surface area contributed by atoms with Crippen LogP contribution in [0.5, 0.6) is 0 Å². The minimum atomic E-state index is -0.649. The second kappa shape index (κ2) is 8.73. The first-order valence-electron chi connectivity index (χ1n) is 8.64. The van der Waals surface area contributed by atoms with E-state index in [-0.39, 0.29) is 34.2 Å². The molecule has 0 bridgehead atoms. The number of rotatable bonds is 6. The van der Waals surface area contributed by atoms with Crippen molar-refractivity contribution in [2.24, 2.45) is 10.7 Å². The van der Waals surface area contributed by atoms with E-state index < -0.39 is 5.82 Å². The minimum absolute atomic E-state index is 0.0186. The molecular formula is C20H17ClFN7O. The molecule has 0 radical (unpaired) electrons. The van der Waals surface area contributed by atoms with Gasteiger partial charge in [0.05, 0.1) is 35.1 Å². The monoisotopic (exact) mass is 425 g/mol. The highest BCUT2D eigenvalue weighted by Crippen LogP contribution is 2.30. The van der Waals surface area contributed by atoms with Crippen molar-refractivity contribution >= 4 is 34.7 Å². The highest BCUT2D eigenvalue weighted by atomic mass is 35.5.